The second-order valence-corrected chi connectivity index (χ2v) is 6.41. The lowest BCUT2D eigenvalue weighted by atomic mass is 10.1. The molecule has 1 aliphatic heterocycles. The maximum absolute atomic E-state index is 12.7. The summed E-state index contributed by atoms with van der Waals surface area (Å²) in [4.78, 5) is 14.8. The summed E-state index contributed by atoms with van der Waals surface area (Å²) < 4.78 is 11.2. The van der Waals surface area contributed by atoms with E-state index in [1.807, 2.05) is 31.2 Å². The lowest BCUT2D eigenvalue weighted by Gasteiger charge is -2.31. The van der Waals surface area contributed by atoms with Gasteiger partial charge in [-0.3, -0.25) is 4.79 Å². The standard InChI is InChI=1S/C21H29NO3/c1-5-6-7-13-25-21-14-18(11-12-20(21)24-4)19(23)15-22-16(2)9-8-10-17(22)3/h8-12,14,16H,5-7,13,15H2,1-4H3. The maximum Gasteiger partial charge on any atom is 0.182 e. The first-order valence-corrected chi connectivity index (χ1v) is 9.02. The first kappa shape index (κ1) is 19.1. The van der Waals surface area contributed by atoms with Crippen molar-refractivity contribution in [1.29, 1.82) is 0 Å². The second kappa shape index (κ2) is 9.30. The molecule has 25 heavy (non-hydrogen) atoms. The Labute approximate surface area is 151 Å². The molecule has 0 amide bonds. The molecule has 1 aromatic rings. The van der Waals surface area contributed by atoms with Crippen LogP contribution in [0.25, 0.3) is 0 Å². The molecule has 4 nitrogen and oxygen atoms in total. The summed E-state index contributed by atoms with van der Waals surface area (Å²) in [6.45, 7) is 7.28. The van der Waals surface area contributed by atoms with Crippen LogP contribution in [0, 0.1) is 0 Å². The van der Waals surface area contributed by atoms with E-state index < -0.39 is 0 Å². The molecule has 1 aliphatic rings. The topological polar surface area (TPSA) is 38.8 Å². The molecular weight excluding hydrogens is 314 g/mol. The zero-order valence-corrected chi connectivity index (χ0v) is 15.7. The van der Waals surface area contributed by atoms with Gasteiger partial charge in [0, 0.05) is 17.3 Å². The fourth-order valence-corrected chi connectivity index (χ4v) is 2.89. The van der Waals surface area contributed by atoms with Crippen LogP contribution in [0.5, 0.6) is 11.5 Å². The largest absolute Gasteiger partial charge is 0.493 e. The third-order valence-electron chi connectivity index (χ3n) is 4.48. The van der Waals surface area contributed by atoms with Gasteiger partial charge in [0.15, 0.2) is 17.3 Å². The molecule has 2 rings (SSSR count). The van der Waals surface area contributed by atoms with Crippen LogP contribution in [0.15, 0.2) is 42.1 Å². The number of methoxy groups -OCH3 is 1. The highest BCUT2D eigenvalue weighted by Crippen LogP contribution is 2.29. The highest BCUT2D eigenvalue weighted by Gasteiger charge is 2.19. The van der Waals surface area contributed by atoms with Crippen LogP contribution in [-0.2, 0) is 0 Å². The molecule has 0 fully saturated rings. The average molecular weight is 343 g/mol. The molecule has 0 aromatic heterocycles. The minimum atomic E-state index is 0.0796. The van der Waals surface area contributed by atoms with Crippen LogP contribution in [0.2, 0.25) is 0 Å². The first-order chi connectivity index (χ1) is 12.1. The minimum Gasteiger partial charge on any atom is -0.493 e. The summed E-state index contributed by atoms with van der Waals surface area (Å²) in [6, 6.07) is 5.64. The number of hydrogen-bond acceptors (Lipinski definition) is 4. The number of carbonyl (C=O) groups excluding carboxylic acids is 1. The number of rotatable bonds is 9. The fourth-order valence-electron chi connectivity index (χ4n) is 2.89. The molecule has 0 aliphatic carbocycles. The van der Waals surface area contributed by atoms with Crippen molar-refractivity contribution < 1.29 is 14.3 Å². The number of allylic oxidation sites excluding steroid dienone is 3. The zero-order chi connectivity index (χ0) is 18.2. The van der Waals surface area contributed by atoms with Crippen LogP contribution in [0.1, 0.15) is 50.4 Å². The van der Waals surface area contributed by atoms with E-state index in [2.05, 4.69) is 24.8 Å². The average Bonchev–Trinajstić information content (AvgIpc) is 2.61. The molecule has 0 radical (unpaired) electrons. The lowest BCUT2D eigenvalue weighted by molar-refractivity contribution is 0.0938. The van der Waals surface area contributed by atoms with Gasteiger partial charge in [-0.05, 0) is 44.5 Å². The Bertz CT molecular complexity index is 649. The normalized spacial score (nSPS) is 16.6. The lowest BCUT2D eigenvalue weighted by Crippen LogP contribution is -2.36. The van der Waals surface area contributed by atoms with E-state index in [0.29, 0.717) is 30.2 Å². The van der Waals surface area contributed by atoms with Gasteiger partial charge >= 0.3 is 0 Å². The van der Waals surface area contributed by atoms with Crippen LogP contribution in [-0.4, -0.2) is 37.0 Å². The summed E-state index contributed by atoms with van der Waals surface area (Å²) in [5, 5.41) is 0. The SMILES string of the molecule is CCCCCOc1cc(C(=O)CN2C(C)=CC=CC2C)ccc1OC. The Morgan fingerprint density at radius 3 is 2.72 bits per heavy atom. The van der Waals surface area contributed by atoms with E-state index in [4.69, 9.17) is 9.47 Å². The van der Waals surface area contributed by atoms with Gasteiger partial charge in [-0.25, -0.2) is 0 Å². The van der Waals surface area contributed by atoms with Gasteiger partial charge in [-0.15, -0.1) is 0 Å². The van der Waals surface area contributed by atoms with Gasteiger partial charge in [0.05, 0.1) is 20.3 Å². The number of nitrogens with zero attached hydrogens (tertiary/aromatic N) is 1. The predicted molar refractivity (Wildman–Crippen MR) is 101 cm³/mol. The molecule has 1 heterocycles. The van der Waals surface area contributed by atoms with Crippen molar-refractivity contribution in [1.82, 2.24) is 4.90 Å². The first-order valence-electron chi connectivity index (χ1n) is 9.02. The number of benzene rings is 1. The van der Waals surface area contributed by atoms with Crippen molar-refractivity contribution >= 4 is 5.78 Å². The van der Waals surface area contributed by atoms with Gasteiger partial charge < -0.3 is 14.4 Å². The minimum absolute atomic E-state index is 0.0796. The van der Waals surface area contributed by atoms with Crippen molar-refractivity contribution in [3.05, 3.63) is 47.7 Å². The quantitative estimate of drug-likeness (QED) is 0.485. The number of carbonyl (C=O) groups is 1. The Morgan fingerprint density at radius 2 is 2.04 bits per heavy atom. The van der Waals surface area contributed by atoms with E-state index >= 15 is 0 Å². The maximum atomic E-state index is 12.7. The molecule has 0 N–H and O–H groups in total. The molecular formula is C21H29NO3. The van der Waals surface area contributed by atoms with E-state index in [-0.39, 0.29) is 11.8 Å². The molecule has 1 unspecified atom stereocenters. The van der Waals surface area contributed by atoms with Gasteiger partial charge in [-0.2, -0.15) is 0 Å². The van der Waals surface area contributed by atoms with Crippen LogP contribution in [0.3, 0.4) is 0 Å². The molecule has 0 saturated carbocycles. The van der Waals surface area contributed by atoms with Crippen LogP contribution in [0.4, 0.5) is 0 Å². The Balaban J connectivity index is 2.08. The molecule has 1 atom stereocenters. The van der Waals surface area contributed by atoms with Gasteiger partial charge in [-0.1, -0.05) is 31.9 Å². The second-order valence-electron chi connectivity index (χ2n) is 6.41. The Hall–Kier alpha value is -2.23. The number of ketones is 1. The molecule has 136 valence electrons. The molecule has 0 spiro atoms. The summed E-state index contributed by atoms with van der Waals surface area (Å²) in [7, 11) is 1.62. The third-order valence-corrected chi connectivity index (χ3v) is 4.48. The molecule has 4 heteroatoms. The number of ether oxygens (including phenoxy) is 2. The highest BCUT2D eigenvalue weighted by atomic mass is 16.5. The molecule has 0 bridgehead atoms. The molecule has 0 saturated heterocycles. The van der Waals surface area contributed by atoms with Crippen molar-refractivity contribution in [2.75, 3.05) is 20.3 Å². The number of hydrogen-bond donors (Lipinski definition) is 0. The van der Waals surface area contributed by atoms with Crippen LogP contribution < -0.4 is 9.47 Å². The van der Waals surface area contributed by atoms with Crippen molar-refractivity contribution in [2.45, 2.75) is 46.1 Å². The summed E-state index contributed by atoms with van der Waals surface area (Å²) in [5.74, 6) is 1.39. The van der Waals surface area contributed by atoms with E-state index in [9.17, 15) is 4.79 Å². The fraction of sp³-hybridized carbons (Fsp3) is 0.476. The highest BCUT2D eigenvalue weighted by molar-refractivity contribution is 5.98. The Kier molecular flexibility index (Phi) is 7.11. The molecule has 1 aromatic carbocycles. The third kappa shape index (κ3) is 5.12. The number of unbranched alkanes of at least 4 members (excludes halogenated alkanes) is 2. The van der Waals surface area contributed by atoms with E-state index in [1.165, 1.54) is 0 Å². The van der Waals surface area contributed by atoms with E-state index in [1.54, 1.807) is 13.2 Å². The predicted octanol–water partition coefficient (Wildman–Crippen LogP) is 4.61. The van der Waals surface area contributed by atoms with Crippen molar-refractivity contribution in [3.8, 4) is 11.5 Å². The van der Waals surface area contributed by atoms with Crippen molar-refractivity contribution in [3.63, 3.8) is 0 Å². The number of Topliss-reactive ketones (excluding diaryl/α,β-unsaturated/α-hetero) is 1. The van der Waals surface area contributed by atoms with Gasteiger partial charge in [0.1, 0.15) is 0 Å². The van der Waals surface area contributed by atoms with Crippen molar-refractivity contribution in [2.24, 2.45) is 0 Å². The van der Waals surface area contributed by atoms with E-state index in [0.717, 1.165) is 25.0 Å². The summed E-state index contributed by atoms with van der Waals surface area (Å²) >= 11 is 0. The van der Waals surface area contributed by atoms with Gasteiger partial charge in [0.25, 0.3) is 0 Å². The van der Waals surface area contributed by atoms with Gasteiger partial charge in [0.2, 0.25) is 0 Å². The zero-order valence-electron chi connectivity index (χ0n) is 15.7. The Morgan fingerprint density at radius 1 is 1.24 bits per heavy atom. The summed E-state index contributed by atoms with van der Waals surface area (Å²) in [6.07, 6.45) is 9.44. The van der Waals surface area contributed by atoms with Crippen LogP contribution >= 0.6 is 0 Å². The monoisotopic (exact) mass is 343 g/mol. The smallest absolute Gasteiger partial charge is 0.182 e. The summed E-state index contributed by atoms with van der Waals surface area (Å²) in [5.41, 5.74) is 1.76.